The van der Waals surface area contributed by atoms with Crippen molar-refractivity contribution in [1.29, 1.82) is 0 Å². The third-order valence-electron chi connectivity index (χ3n) is 2.70. The molecule has 0 amide bonds. The van der Waals surface area contributed by atoms with Crippen LogP contribution in [0.5, 0.6) is 5.75 Å². The van der Waals surface area contributed by atoms with Gasteiger partial charge in [-0.05, 0) is 23.6 Å². The first-order valence-corrected chi connectivity index (χ1v) is 6.47. The van der Waals surface area contributed by atoms with E-state index in [9.17, 15) is 0 Å². The number of pyridine rings is 1. The SMILES string of the molecule is COc1ccsc1-c1noc(N)c1-c1ccccn1. The minimum Gasteiger partial charge on any atom is -0.495 e. The second kappa shape index (κ2) is 4.74. The summed E-state index contributed by atoms with van der Waals surface area (Å²) in [5, 5.41) is 5.97. The van der Waals surface area contributed by atoms with Gasteiger partial charge in [0.1, 0.15) is 11.4 Å². The topological polar surface area (TPSA) is 74.2 Å². The number of nitrogens with two attached hydrogens (primary N) is 1. The third-order valence-corrected chi connectivity index (χ3v) is 3.61. The molecule has 0 saturated carbocycles. The number of aromatic nitrogens is 2. The van der Waals surface area contributed by atoms with E-state index in [-0.39, 0.29) is 5.88 Å². The Morgan fingerprint density at radius 2 is 2.21 bits per heavy atom. The fourth-order valence-electron chi connectivity index (χ4n) is 1.85. The average molecular weight is 273 g/mol. The predicted molar refractivity (Wildman–Crippen MR) is 74.0 cm³/mol. The Hall–Kier alpha value is -2.34. The van der Waals surface area contributed by atoms with Crippen molar-refractivity contribution in [2.24, 2.45) is 0 Å². The van der Waals surface area contributed by atoms with Gasteiger partial charge in [-0.2, -0.15) is 0 Å². The highest BCUT2D eigenvalue weighted by atomic mass is 32.1. The van der Waals surface area contributed by atoms with Gasteiger partial charge in [0.25, 0.3) is 0 Å². The first kappa shape index (κ1) is 11.7. The van der Waals surface area contributed by atoms with Crippen molar-refractivity contribution in [1.82, 2.24) is 10.1 Å². The quantitative estimate of drug-likeness (QED) is 0.793. The molecule has 0 atom stereocenters. The lowest BCUT2D eigenvalue weighted by molar-refractivity contribution is 0.416. The molecule has 19 heavy (non-hydrogen) atoms. The minimum atomic E-state index is 0.254. The summed E-state index contributed by atoms with van der Waals surface area (Å²) in [5.41, 5.74) is 7.95. The van der Waals surface area contributed by atoms with Crippen LogP contribution in [-0.2, 0) is 0 Å². The van der Waals surface area contributed by atoms with Crippen LogP contribution in [0.25, 0.3) is 21.8 Å². The maximum Gasteiger partial charge on any atom is 0.232 e. The van der Waals surface area contributed by atoms with Crippen molar-refractivity contribution in [3.8, 4) is 27.6 Å². The van der Waals surface area contributed by atoms with Gasteiger partial charge in [-0.3, -0.25) is 4.98 Å². The molecular weight excluding hydrogens is 262 g/mol. The zero-order valence-corrected chi connectivity index (χ0v) is 11.0. The van der Waals surface area contributed by atoms with Gasteiger partial charge in [-0.15, -0.1) is 11.3 Å². The molecular formula is C13H11N3O2S. The average Bonchev–Trinajstić information content (AvgIpc) is 3.05. The van der Waals surface area contributed by atoms with E-state index in [0.29, 0.717) is 11.3 Å². The molecule has 0 spiro atoms. The van der Waals surface area contributed by atoms with Crippen molar-refractivity contribution in [3.63, 3.8) is 0 Å². The van der Waals surface area contributed by atoms with E-state index in [4.69, 9.17) is 15.0 Å². The molecule has 0 aliphatic carbocycles. The van der Waals surface area contributed by atoms with Crippen LogP contribution in [0.3, 0.4) is 0 Å². The number of methoxy groups -OCH3 is 1. The van der Waals surface area contributed by atoms with Gasteiger partial charge in [-0.25, -0.2) is 0 Å². The number of nitrogen functional groups attached to an aromatic ring is 1. The number of rotatable bonds is 3. The third kappa shape index (κ3) is 1.96. The van der Waals surface area contributed by atoms with Gasteiger partial charge in [-0.1, -0.05) is 11.2 Å². The van der Waals surface area contributed by atoms with E-state index >= 15 is 0 Å². The summed E-state index contributed by atoms with van der Waals surface area (Å²) in [6.07, 6.45) is 1.71. The largest absolute Gasteiger partial charge is 0.495 e. The first-order valence-electron chi connectivity index (χ1n) is 5.59. The van der Waals surface area contributed by atoms with Gasteiger partial charge < -0.3 is 15.0 Å². The summed E-state index contributed by atoms with van der Waals surface area (Å²) in [5.74, 6) is 1.000. The lowest BCUT2D eigenvalue weighted by Gasteiger charge is -2.02. The molecule has 0 aliphatic rings. The van der Waals surface area contributed by atoms with Crippen molar-refractivity contribution in [2.75, 3.05) is 12.8 Å². The Balaban J connectivity index is 2.20. The number of hydrogen-bond acceptors (Lipinski definition) is 6. The van der Waals surface area contributed by atoms with E-state index in [0.717, 1.165) is 16.3 Å². The molecule has 5 nitrogen and oxygen atoms in total. The van der Waals surface area contributed by atoms with Crippen LogP contribution >= 0.6 is 11.3 Å². The smallest absolute Gasteiger partial charge is 0.232 e. The summed E-state index contributed by atoms with van der Waals surface area (Å²) >= 11 is 1.52. The summed E-state index contributed by atoms with van der Waals surface area (Å²) in [6.45, 7) is 0. The van der Waals surface area contributed by atoms with Crippen LogP contribution in [0.4, 0.5) is 5.88 Å². The summed E-state index contributed by atoms with van der Waals surface area (Å²) in [6, 6.07) is 7.49. The van der Waals surface area contributed by atoms with Crippen molar-refractivity contribution in [3.05, 3.63) is 35.8 Å². The Bertz CT molecular complexity index is 691. The standard InChI is InChI=1S/C13H11N3O2S/c1-17-9-5-7-19-12(9)11-10(13(14)18-16-11)8-4-2-3-6-15-8/h2-7H,14H2,1H3. The van der Waals surface area contributed by atoms with Gasteiger partial charge in [0.15, 0.2) is 0 Å². The zero-order valence-electron chi connectivity index (χ0n) is 10.2. The van der Waals surface area contributed by atoms with Crippen molar-refractivity contribution in [2.45, 2.75) is 0 Å². The Kier molecular flexibility index (Phi) is 2.92. The highest BCUT2D eigenvalue weighted by Gasteiger charge is 2.21. The normalized spacial score (nSPS) is 10.6. The molecule has 0 unspecified atom stereocenters. The molecule has 3 aromatic heterocycles. The lowest BCUT2D eigenvalue weighted by Crippen LogP contribution is -1.90. The van der Waals surface area contributed by atoms with Gasteiger partial charge in [0.2, 0.25) is 5.88 Å². The second-order valence-corrected chi connectivity index (χ2v) is 4.72. The maximum absolute atomic E-state index is 5.87. The van der Waals surface area contributed by atoms with Crippen LogP contribution < -0.4 is 10.5 Å². The number of ether oxygens (including phenoxy) is 1. The monoisotopic (exact) mass is 273 g/mol. The molecule has 0 aliphatic heterocycles. The second-order valence-electron chi connectivity index (χ2n) is 3.80. The van der Waals surface area contributed by atoms with Crippen LogP contribution in [0.15, 0.2) is 40.4 Å². The zero-order chi connectivity index (χ0) is 13.2. The number of thiophene rings is 1. The van der Waals surface area contributed by atoms with Crippen molar-refractivity contribution < 1.29 is 9.26 Å². The molecule has 2 N–H and O–H groups in total. The van der Waals surface area contributed by atoms with E-state index < -0.39 is 0 Å². The molecule has 3 heterocycles. The molecule has 3 rings (SSSR count). The Morgan fingerprint density at radius 3 is 2.95 bits per heavy atom. The van der Waals surface area contributed by atoms with Crippen LogP contribution in [0.1, 0.15) is 0 Å². The van der Waals surface area contributed by atoms with E-state index in [2.05, 4.69) is 10.1 Å². The number of anilines is 1. The lowest BCUT2D eigenvalue weighted by atomic mass is 10.1. The molecule has 0 radical (unpaired) electrons. The molecule has 0 saturated heterocycles. The fourth-order valence-corrected chi connectivity index (χ4v) is 2.69. The summed E-state index contributed by atoms with van der Waals surface area (Å²) in [7, 11) is 1.62. The van der Waals surface area contributed by atoms with Crippen molar-refractivity contribution >= 4 is 17.2 Å². The molecule has 0 fully saturated rings. The number of hydrogen-bond donors (Lipinski definition) is 1. The summed E-state index contributed by atoms with van der Waals surface area (Å²) < 4.78 is 10.4. The van der Waals surface area contributed by atoms with Crippen LogP contribution in [-0.4, -0.2) is 17.3 Å². The van der Waals surface area contributed by atoms with Crippen LogP contribution in [0, 0.1) is 0 Å². The molecule has 3 aromatic rings. The van der Waals surface area contributed by atoms with E-state index in [1.54, 1.807) is 13.3 Å². The molecule has 0 aromatic carbocycles. The van der Waals surface area contributed by atoms with Gasteiger partial charge in [0.05, 0.1) is 23.2 Å². The molecule has 0 bridgehead atoms. The first-order chi connectivity index (χ1) is 9.31. The van der Waals surface area contributed by atoms with E-state index in [1.165, 1.54) is 11.3 Å². The van der Waals surface area contributed by atoms with E-state index in [1.807, 2.05) is 29.6 Å². The molecule has 96 valence electrons. The highest BCUT2D eigenvalue weighted by Crippen LogP contribution is 2.42. The Labute approximate surface area is 113 Å². The van der Waals surface area contributed by atoms with Gasteiger partial charge >= 0.3 is 0 Å². The fraction of sp³-hybridized carbons (Fsp3) is 0.0769. The Morgan fingerprint density at radius 1 is 1.32 bits per heavy atom. The molecule has 6 heteroatoms. The highest BCUT2D eigenvalue weighted by molar-refractivity contribution is 7.14. The van der Waals surface area contributed by atoms with Gasteiger partial charge in [0, 0.05) is 6.20 Å². The maximum atomic E-state index is 5.87. The minimum absolute atomic E-state index is 0.254. The van der Waals surface area contributed by atoms with Crippen LogP contribution in [0.2, 0.25) is 0 Å². The summed E-state index contributed by atoms with van der Waals surface area (Å²) in [4.78, 5) is 5.17. The number of nitrogens with zero attached hydrogens (tertiary/aromatic N) is 2. The predicted octanol–water partition coefficient (Wildman–Crippen LogP) is 3.06.